The summed E-state index contributed by atoms with van der Waals surface area (Å²) in [5.74, 6) is 0. The number of hydrogen-bond acceptors (Lipinski definition) is 3. The normalized spacial score (nSPS) is 17.8. The number of nitrogens with one attached hydrogen (secondary N) is 1. The number of hydrogen-bond donors (Lipinski definition) is 1. The van der Waals surface area contributed by atoms with Crippen molar-refractivity contribution in [2.75, 3.05) is 25.0 Å². The summed E-state index contributed by atoms with van der Waals surface area (Å²) in [6, 6.07) is 10.7. The number of anilines is 1. The molecule has 0 aliphatic carbocycles. The Hall–Kier alpha value is -1.82. The van der Waals surface area contributed by atoms with Crippen LogP contribution in [-0.4, -0.2) is 35.6 Å². The largest absolute Gasteiger partial charge is 0.370 e. The molecule has 23 heavy (non-hydrogen) atoms. The fourth-order valence-electron chi connectivity index (χ4n) is 2.39. The van der Waals surface area contributed by atoms with E-state index in [1.165, 1.54) is 0 Å². The number of carbonyl (C=O) groups is 1. The highest BCUT2D eigenvalue weighted by atomic mass is 35.5. The van der Waals surface area contributed by atoms with Gasteiger partial charge in [0.1, 0.15) is 6.10 Å². The van der Waals surface area contributed by atoms with Crippen molar-refractivity contribution in [3.8, 4) is 0 Å². The SMILES string of the molecule is O=C(Nc1cccnc1Cl)N1CCOC(c2ccc(Cl)cc2)C1. The van der Waals surface area contributed by atoms with Crippen LogP contribution in [0.1, 0.15) is 11.7 Å². The molecule has 0 radical (unpaired) electrons. The predicted octanol–water partition coefficient (Wildman–Crippen LogP) is 3.99. The molecule has 0 saturated carbocycles. The van der Waals surface area contributed by atoms with Crippen molar-refractivity contribution in [3.63, 3.8) is 0 Å². The first-order valence-corrected chi connectivity index (χ1v) is 7.92. The van der Waals surface area contributed by atoms with Gasteiger partial charge in [0.2, 0.25) is 0 Å². The van der Waals surface area contributed by atoms with Gasteiger partial charge in [-0.2, -0.15) is 0 Å². The molecule has 1 aliphatic rings. The molecule has 2 amide bonds. The van der Waals surface area contributed by atoms with E-state index in [0.717, 1.165) is 5.56 Å². The molecule has 1 N–H and O–H groups in total. The highest BCUT2D eigenvalue weighted by molar-refractivity contribution is 6.32. The van der Waals surface area contributed by atoms with Gasteiger partial charge in [-0.25, -0.2) is 9.78 Å². The molecule has 1 atom stereocenters. The number of halogens is 2. The van der Waals surface area contributed by atoms with Crippen LogP contribution in [0.3, 0.4) is 0 Å². The highest BCUT2D eigenvalue weighted by Crippen LogP contribution is 2.25. The summed E-state index contributed by atoms with van der Waals surface area (Å²) in [6.45, 7) is 1.46. The van der Waals surface area contributed by atoms with Crippen LogP contribution in [-0.2, 0) is 4.74 Å². The average molecular weight is 352 g/mol. The summed E-state index contributed by atoms with van der Waals surface area (Å²) >= 11 is 11.9. The van der Waals surface area contributed by atoms with E-state index < -0.39 is 0 Å². The van der Waals surface area contributed by atoms with Crippen molar-refractivity contribution in [3.05, 3.63) is 58.3 Å². The Kier molecular flexibility index (Phi) is 5.00. The van der Waals surface area contributed by atoms with Gasteiger partial charge in [-0.15, -0.1) is 0 Å². The molecule has 3 rings (SSSR count). The molecule has 120 valence electrons. The van der Waals surface area contributed by atoms with Gasteiger partial charge in [0.05, 0.1) is 18.8 Å². The molecule has 2 heterocycles. The number of benzene rings is 1. The zero-order chi connectivity index (χ0) is 16.2. The molecular weight excluding hydrogens is 337 g/mol. The zero-order valence-corrected chi connectivity index (χ0v) is 13.7. The number of urea groups is 1. The Bertz CT molecular complexity index is 694. The number of aromatic nitrogens is 1. The Morgan fingerprint density at radius 2 is 2.04 bits per heavy atom. The third kappa shape index (κ3) is 3.93. The molecule has 0 spiro atoms. The molecule has 0 bridgehead atoms. The quantitative estimate of drug-likeness (QED) is 0.832. The Balaban J connectivity index is 1.67. The van der Waals surface area contributed by atoms with Crippen LogP contribution in [0.25, 0.3) is 0 Å². The van der Waals surface area contributed by atoms with Crippen LogP contribution in [0.5, 0.6) is 0 Å². The Morgan fingerprint density at radius 3 is 2.78 bits per heavy atom. The molecule has 1 unspecified atom stereocenters. The number of carbonyl (C=O) groups excluding carboxylic acids is 1. The summed E-state index contributed by atoms with van der Waals surface area (Å²) in [5, 5.41) is 3.72. The molecule has 1 aliphatic heterocycles. The second kappa shape index (κ2) is 7.17. The van der Waals surface area contributed by atoms with E-state index in [0.29, 0.717) is 30.4 Å². The van der Waals surface area contributed by atoms with Crippen molar-refractivity contribution < 1.29 is 9.53 Å². The molecule has 5 nitrogen and oxygen atoms in total. The van der Waals surface area contributed by atoms with E-state index in [4.69, 9.17) is 27.9 Å². The summed E-state index contributed by atoms with van der Waals surface area (Å²) < 4.78 is 5.76. The first kappa shape index (κ1) is 16.1. The van der Waals surface area contributed by atoms with E-state index in [-0.39, 0.29) is 17.3 Å². The van der Waals surface area contributed by atoms with Crippen LogP contribution in [0, 0.1) is 0 Å². The fraction of sp³-hybridized carbons (Fsp3) is 0.250. The van der Waals surface area contributed by atoms with Crippen molar-refractivity contribution in [1.29, 1.82) is 0 Å². The first-order valence-electron chi connectivity index (χ1n) is 7.17. The van der Waals surface area contributed by atoms with Crippen molar-refractivity contribution in [1.82, 2.24) is 9.88 Å². The fourth-order valence-corrected chi connectivity index (χ4v) is 2.68. The van der Waals surface area contributed by atoms with Crippen molar-refractivity contribution >= 4 is 34.9 Å². The van der Waals surface area contributed by atoms with Crippen LogP contribution >= 0.6 is 23.2 Å². The van der Waals surface area contributed by atoms with E-state index in [9.17, 15) is 4.79 Å². The molecular formula is C16H15Cl2N3O2. The van der Waals surface area contributed by atoms with E-state index >= 15 is 0 Å². The predicted molar refractivity (Wildman–Crippen MR) is 90.0 cm³/mol. The molecule has 1 fully saturated rings. The standard InChI is InChI=1S/C16H15Cl2N3O2/c17-12-5-3-11(4-6-12)14-10-21(8-9-23-14)16(22)20-13-2-1-7-19-15(13)18/h1-7,14H,8-10H2,(H,20,22). The van der Waals surface area contributed by atoms with Crippen LogP contribution < -0.4 is 5.32 Å². The maximum Gasteiger partial charge on any atom is 0.322 e. The summed E-state index contributed by atoms with van der Waals surface area (Å²) in [5.41, 5.74) is 1.49. The van der Waals surface area contributed by atoms with Crippen LogP contribution in [0.15, 0.2) is 42.6 Å². The van der Waals surface area contributed by atoms with E-state index in [1.807, 2.05) is 24.3 Å². The number of rotatable bonds is 2. The lowest BCUT2D eigenvalue weighted by Crippen LogP contribution is -2.44. The lowest BCUT2D eigenvalue weighted by Gasteiger charge is -2.33. The number of morpholine rings is 1. The van der Waals surface area contributed by atoms with Gasteiger partial charge in [0.15, 0.2) is 5.15 Å². The minimum atomic E-state index is -0.220. The molecule has 2 aromatic rings. The smallest absolute Gasteiger partial charge is 0.322 e. The number of nitrogens with zero attached hydrogens (tertiary/aromatic N) is 2. The minimum absolute atomic E-state index is 0.170. The van der Waals surface area contributed by atoms with Gasteiger partial charge in [0.25, 0.3) is 0 Å². The van der Waals surface area contributed by atoms with Crippen molar-refractivity contribution in [2.24, 2.45) is 0 Å². The second-order valence-electron chi connectivity index (χ2n) is 5.13. The summed E-state index contributed by atoms with van der Waals surface area (Å²) in [6.07, 6.45) is 1.40. The molecule has 7 heteroatoms. The number of ether oxygens (including phenoxy) is 1. The third-order valence-electron chi connectivity index (χ3n) is 3.60. The van der Waals surface area contributed by atoms with Gasteiger partial charge in [0, 0.05) is 17.8 Å². The van der Waals surface area contributed by atoms with E-state index in [2.05, 4.69) is 10.3 Å². The maximum atomic E-state index is 12.4. The van der Waals surface area contributed by atoms with Crippen LogP contribution in [0.2, 0.25) is 10.2 Å². The van der Waals surface area contributed by atoms with Gasteiger partial charge < -0.3 is 15.0 Å². The molecule has 1 aromatic heterocycles. The topological polar surface area (TPSA) is 54.5 Å². The van der Waals surface area contributed by atoms with Gasteiger partial charge in [-0.05, 0) is 29.8 Å². The maximum absolute atomic E-state index is 12.4. The van der Waals surface area contributed by atoms with Crippen molar-refractivity contribution in [2.45, 2.75) is 6.10 Å². The third-order valence-corrected chi connectivity index (χ3v) is 4.15. The monoisotopic (exact) mass is 351 g/mol. The lowest BCUT2D eigenvalue weighted by atomic mass is 10.1. The highest BCUT2D eigenvalue weighted by Gasteiger charge is 2.25. The lowest BCUT2D eigenvalue weighted by molar-refractivity contribution is -0.0135. The summed E-state index contributed by atoms with van der Waals surface area (Å²) in [7, 11) is 0. The number of pyridine rings is 1. The van der Waals surface area contributed by atoms with Gasteiger partial charge in [-0.1, -0.05) is 35.3 Å². The zero-order valence-electron chi connectivity index (χ0n) is 12.2. The average Bonchev–Trinajstić information content (AvgIpc) is 2.58. The van der Waals surface area contributed by atoms with Gasteiger partial charge >= 0.3 is 6.03 Å². The van der Waals surface area contributed by atoms with E-state index in [1.54, 1.807) is 23.2 Å². The second-order valence-corrected chi connectivity index (χ2v) is 5.92. The Morgan fingerprint density at radius 1 is 1.26 bits per heavy atom. The Labute approximate surface area is 144 Å². The van der Waals surface area contributed by atoms with Crippen LogP contribution in [0.4, 0.5) is 10.5 Å². The summed E-state index contributed by atoms with van der Waals surface area (Å²) in [4.78, 5) is 18.0. The minimum Gasteiger partial charge on any atom is -0.370 e. The van der Waals surface area contributed by atoms with Gasteiger partial charge in [-0.3, -0.25) is 0 Å². The molecule has 1 aromatic carbocycles. The number of amides is 2. The first-order chi connectivity index (χ1) is 11.1. The molecule has 1 saturated heterocycles.